The van der Waals surface area contributed by atoms with Crippen LogP contribution in [0.25, 0.3) is 11.5 Å². The Labute approximate surface area is 178 Å². The fourth-order valence-corrected chi connectivity index (χ4v) is 4.41. The standard InChI is InChI=1S/C23H31N5O2/c1-15(23(29)25-16-8-5-4-6-9-16)28(2)22-18-10-7-11-19(18)26-21(27-22)20-14-17(30-3)12-13-24-20/h12-16H,4-11H2,1-3H3,(H,25,29)/t15-/m1/s1. The van der Waals surface area contributed by atoms with Crippen molar-refractivity contribution in [2.45, 2.75) is 70.4 Å². The molecular weight excluding hydrogens is 378 g/mol. The van der Waals surface area contributed by atoms with Gasteiger partial charge in [0.2, 0.25) is 5.91 Å². The zero-order valence-electron chi connectivity index (χ0n) is 18.1. The lowest BCUT2D eigenvalue weighted by atomic mass is 9.95. The second-order valence-corrected chi connectivity index (χ2v) is 8.36. The summed E-state index contributed by atoms with van der Waals surface area (Å²) in [4.78, 5) is 29.0. The topological polar surface area (TPSA) is 80.2 Å². The molecule has 160 valence electrons. The van der Waals surface area contributed by atoms with Gasteiger partial charge in [-0.2, -0.15) is 0 Å². The maximum Gasteiger partial charge on any atom is 0.242 e. The van der Waals surface area contributed by atoms with Crippen LogP contribution in [0, 0.1) is 0 Å². The number of methoxy groups -OCH3 is 1. The number of nitrogens with zero attached hydrogens (tertiary/aromatic N) is 4. The first-order chi connectivity index (χ1) is 14.6. The molecule has 4 rings (SSSR count). The van der Waals surface area contributed by atoms with E-state index in [2.05, 4.69) is 10.3 Å². The van der Waals surface area contributed by atoms with E-state index in [1.54, 1.807) is 13.3 Å². The lowest BCUT2D eigenvalue weighted by molar-refractivity contribution is -0.122. The number of rotatable bonds is 6. The third-order valence-electron chi connectivity index (χ3n) is 6.35. The Kier molecular flexibility index (Phi) is 6.16. The van der Waals surface area contributed by atoms with Crippen LogP contribution in [0.15, 0.2) is 18.3 Å². The molecule has 1 amide bonds. The van der Waals surface area contributed by atoms with Gasteiger partial charge in [-0.25, -0.2) is 9.97 Å². The average Bonchev–Trinajstić information content (AvgIpc) is 3.27. The van der Waals surface area contributed by atoms with E-state index in [4.69, 9.17) is 14.7 Å². The van der Waals surface area contributed by atoms with Crippen molar-refractivity contribution in [1.29, 1.82) is 0 Å². The lowest BCUT2D eigenvalue weighted by Crippen LogP contribution is -2.48. The van der Waals surface area contributed by atoms with Gasteiger partial charge in [0.05, 0.1) is 7.11 Å². The van der Waals surface area contributed by atoms with E-state index in [0.717, 1.165) is 54.9 Å². The van der Waals surface area contributed by atoms with Crippen LogP contribution in [0.5, 0.6) is 5.75 Å². The van der Waals surface area contributed by atoms with Crippen molar-refractivity contribution in [1.82, 2.24) is 20.3 Å². The van der Waals surface area contributed by atoms with E-state index in [-0.39, 0.29) is 11.9 Å². The molecule has 2 aromatic heterocycles. The third-order valence-corrected chi connectivity index (χ3v) is 6.35. The summed E-state index contributed by atoms with van der Waals surface area (Å²) in [5, 5.41) is 3.25. The molecule has 0 aliphatic heterocycles. The number of anilines is 1. The predicted octanol–water partition coefficient (Wildman–Crippen LogP) is 3.31. The maximum atomic E-state index is 12.9. The molecule has 1 fully saturated rings. The van der Waals surface area contributed by atoms with Gasteiger partial charge in [0, 0.05) is 36.6 Å². The molecule has 0 bridgehead atoms. The highest BCUT2D eigenvalue weighted by molar-refractivity contribution is 5.85. The summed E-state index contributed by atoms with van der Waals surface area (Å²) in [6.45, 7) is 1.95. The summed E-state index contributed by atoms with van der Waals surface area (Å²) in [7, 11) is 3.59. The van der Waals surface area contributed by atoms with Crippen LogP contribution in [-0.2, 0) is 17.6 Å². The van der Waals surface area contributed by atoms with Crippen molar-refractivity contribution >= 4 is 11.7 Å². The minimum Gasteiger partial charge on any atom is -0.497 e. The molecule has 0 radical (unpaired) electrons. The van der Waals surface area contributed by atoms with Gasteiger partial charge >= 0.3 is 0 Å². The zero-order valence-corrected chi connectivity index (χ0v) is 18.1. The van der Waals surface area contributed by atoms with Gasteiger partial charge in [-0.05, 0) is 45.1 Å². The van der Waals surface area contributed by atoms with E-state index in [1.807, 2.05) is 31.0 Å². The number of fused-ring (bicyclic) bond motifs is 1. The predicted molar refractivity (Wildman–Crippen MR) is 117 cm³/mol. The first kappa shape index (κ1) is 20.6. The number of ether oxygens (including phenoxy) is 1. The molecular formula is C23H31N5O2. The van der Waals surface area contributed by atoms with Gasteiger partial charge in [0.15, 0.2) is 5.82 Å². The summed E-state index contributed by atoms with van der Waals surface area (Å²) in [6.07, 6.45) is 10.5. The molecule has 30 heavy (non-hydrogen) atoms. The van der Waals surface area contributed by atoms with Gasteiger partial charge in [-0.1, -0.05) is 19.3 Å². The second kappa shape index (κ2) is 8.98. The molecule has 1 atom stereocenters. The molecule has 0 saturated heterocycles. The first-order valence-corrected chi connectivity index (χ1v) is 11.0. The quantitative estimate of drug-likeness (QED) is 0.788. The number of carbonyl (C=O) groups excluding carboxylic acids is 1. The zero-order chi connectivity index (χ0) is 21.1. The summed E-state index contributed by atoms with van der Waals surface area (Å²) in [5.41, 5.74) is 2.89. The van der Waals surface area contributed by atoms with Crippen molar-refractivity contribution < 1.29 is 9.53 Å². The minimum atomic E-state index is -0.308. The molecule has 0 unspecified atom stereocenters. The molecule has 2 aliphatic carbocycles. The maximum absolute atomic E-state index is 12.9. The molecule has 1 N–H and O–H groups in total. The van der Waals surface area contributed by atoms with E-state index in [0.29, 0.717) is 17.6 Å². The Morgan fingerprint density at radius 2 is 2.00 bits per heavy atom. The highest BCUT2D eigenvalue weighted by atomic mass is 16.5. The molecule has 1 saturated carbocycles. The van der Waals surface area contributed by atoms with Crippen LogP contribution in [-0.4, -0.2) is 47.1 Å². The summed E-state index contributed by atoms with van der Waals surface area (Å²) in [5.74, 6) is 2.20. The average molecular weight is 410 g/mol. The molecule has 0 aromatic carbocycles. The normalized spacial score (nSPS) is 17.3. The van der Waals surface area contributed by atoms with Gasteiger partial charge in [0.25, 0.3) is 0 Å². The largest absolute Gasteiger partial charge is 0.497 e. The number of hydrogen-bond acceptors (Lipinski definition) is 6. The Balaban J connectivity index is 1.60. The van der Waals surface area contributed by atoms with Crippen LogP contribution >= 0.6 is 0 Å². The van der Waals surface area contributed by atoms with Crippen LogP contribution in [0.2, 0.25) is 0 Å². The van der Waals surface area contributed by atoms with Gasteiger partial charge < -0.3 is 15.0 Å². The number of pyridine rings is 1. The van der Waals surface area contributed by atoms with Gasteiger partial charge in [0.1, 0.15) is 23.3 Å². The second-order valence-electron chi connectivity index (χ2n) is 8.36. The molecule has 2 aliphatic rings. The number of hydrogen-bond donors (Lipinski definition) is 1. The highest BCUT2D eigenvalue weighted by Gasteiger charge is 2.28. The molecule has 7 nitrogen and oxygen atoms in total. The Hall–Kier alpha value is -2.70. The fraction of sp³-hybridized carbons (Fsp3) is 0.565. The van der Waals surface area contributed by atoms with E-state index in [9.17, 15) is 4.79 Å². The van der Waals surface area contributed by atoms with Crippen molar-refractivity contribution in [3.8, 4) is 17.3 Å². The molecule has 2 heterocycles. The van der Waals surface area contributed by atoms with Crippen LogP contribution in [0.4, 0.5) is 5.82 Å². The van der Waals surface area contributed by atoms with E-state index < -0.39 is 0 Å². The minimum absolute atomic E-state index is 0.0656. The number of aryl methyl sites for hydroxylation is 1. The lowest BCUT2D eigenvalue weighted by Gasteiger charge is -2.30. The van der Waals surface area contributed by atoms with Crippen LogP contribution in [0.1, 0.15) is 56.7 Å². The number of carbonyl (C=O) groups is 1. The Morgan fingerprint density at radius 3 is 2.77 bits per heavy atom. The number of amides is 1. The Bertz CT molecular complexity index is 910. The summed E-state index contributed by atoms with van der Waals surface area (Å²) < 4.78 is 5.33. The van der Waals surface area contributed by atoms with Crippen molar-refractivity contribution in [3.63, 3.8) is 0 Å². The molecule has 2 aromatic rings. The van der Waals surface area contributed by atoms with Crippen LogP contribution < -0.4 is 15.0 Å². The monoisotopic (exact) mass is 409 g/mol. The molecule has 7 heteroatoms. The fourth-order valence-electron chi connectivity index (χ4n) is 4.41. The van der Waals surface area contributed by atoms with E-state index in [1.165, 1.54) is 19.3 Å². The highest BCUT2D eigenvalue weighted by Crippen LogP contribution is 2.32. The number of nitrogens with one attached hydrogen (secondary N) is 1. The van der Waals surface area contributed by atoms with E-state index >= 15 is 0 Å². The Morgan fingerprint density at radius 1 is 1.20 bits per heavy atom. The van der Waals surface area contributed by atoms with Gasteiger partial charge in [-0.3, -0.25) is 9.78 Å². The smallest absolute Gasteiger partial charge is 0.242 e. The number of likely N-dealkylation sites (N-methyl/N-ethyl adjacent to an activating group) is 1. The van der Waals surface area contributed by atoms with Crippen molar-refractivity contribution in [3.05, 3.63) is 29.6 Å². The first-order valence-electron chi connectivity index (χ1n) is 11.0. The summed E-state index contributed by atoms with van der Waals surface area (Å²) >= 11 is 0. The molecule has 0 spiro atoms. The third kappa shape index (κ3) is 4.25. The van der Waals surface area contributed by atoms with Crippen molar-refractivity contribution in [2.24, 2.45) is 0 Å². The van der Waals surface area contributed by atoms with Crippen LogP contribution in [0.3, 0.4) is 0 Å². The SMILES string of the molecule is COc1ccnc(-c2nc3c(c(N(C)[C@H](C)C(=O)NC4CCCCC4)n2)CCC3)c1. The number of aromatic nitrogens is 3. The summed E-state index contributed by atoms with van der Waals surface area (Å²) in [6, 6.07) is 3.65. The van der Waals surface area contributed by atoms with Crippen molar-refractivity contribution in [2.75, 3.05) is 19.1 Å². The van der Waals surface area contributed by atoms with Gasteiger partial charge in [-0.15, -0.1) is 0 Å².